The molecule has 0 aromatic carbocycles. The van der Waals surface area contributed by atoms with E-state index in [-0.39, 0.29) is 10.9 Å². The third-order valence-electron chi connectivity index (χ3n) is 0.308. The highest BCUT2D eigenvalue weighted by Gasteiger charge is 2.23. The molecule has 0 atom stereocenters. The Labute approximate surface area is 87.5 Å². The first kappa shape index (κ1) is 9.59. The highest BCUT2D eigenvalue weighted by molar-refractivity contribution is 14.3. The van der Waals surface area contributed by atoms with E-state index in [1.807, 2.05) is 67.8 Å². The molecule has 0 aromatic rings. The molecule has 0 aromatic heterocycles. The van der Waals surface area contributed by atoms with Gasteiger partial charge < -0.3 is 0 Å². The Kier molecular flexibility index (Phi) is 4.42. The van der Waals surface area contributed by atoms with Crippen LogP contribution >= 0.6 is 67.8 Å². The van der Waals surface area contributed by atoms with E-state index in [0.29, 0.717) is 0 Å². The number of rotatable bonds is 2. The fourth-order valence-corrected chi connectivity index (χ4v) is 0.982. The van der Waals surface area contributed by atoms with Crippen LogP contribution < -0.4 is 0 Å². The van der Waals surface area contributed by atoms with Gasteiger partial charge in [-0.25, -0.2) is 0 Å². The van der Waals surface area contributed by atoms with Crippen LogP contribution in [0.1, 0.15) is 0 Å². The molecule has 0 aliphatic rings. The largest absolute Gasteiger partial charge is 0.264 e. The summed E-state index contributed by atoms with van der Waals surface area (Å²) in [5, 5.41) is 9.81. The van der Waals surface area contributed by atoms with Crippen LogP contribution in [0.2, 0.25) is 0 Å². The third-order valence-corrected chi connectivity index (χ3v) is 1.33. The summed E-state index contributed by atoms with van der Waals surface area (Å²) < 4.78 is -0.267. The zero-order valence-electron chi connectivity index (χ0n) is 3.60. The van der Waals surface area contributed by atoms with Crippen LogP contribution in [-0.2, 0) is 0 Å². The lowest BCUT2D eigenvalue weighted by atomic mass is 10.8. The zero-order valence-corrected chi connectivity index (χ0v) is 10.1. The zero-order chi connectivity index (χ0) is 6.78. The minimum absolute atomic E-state index is 0.00861. The minimum Gasteiger partial charge on any atom is -0.264 e. The van der Waals surface area contributed by atoms with Crippen molar-refractivity contribution >= 4 is 67.8 Å². The number of alkyl halides is 3. The van der Waals surface area contributed by atoms with Gasteiger partial charge in [-0.3, -0.25) is 10.1 Å². The van der Waals surface area contributed by atoms with Gasteiger partial charge in [-0.15, -0.1) is 0 Å². The molecular formula is C2H2I3NO2. The molecule has 0 bridgehead atoms. The average molecular weight is 453 g/mol. The highest BCUT2D eigenvalue weighted by atomic mass is 127. The maximum atomic E-state index is 9.81. The first-order chi connectivity index (χ1) is 3.42. The van der Waals surface area contributed by atoms with E-state index in [4.69, 9.17) is 0 Å². The lowest BCUT2D eigenvalue weighted by molar-refractivity contribution is -0.475. The van der Waals surface area contributed by atoms with Gasteiger partial charge in [0.1, 0.15) is 0 Å². The Morgan fingerprint density at radius 2 is 1.88 bits per heavy atom. The van der Waals surface area contributed by atoms with Crippen LogP contribution in [0.5, 0.6) is 0 Å². The van der Waals surface area contributed by atoms with Crippen LogP contribution in [0.4, 0.5) is 0 Å². The van der Waals surface area contributed by atoms with Crippen molar-refractivity contribution in [3.63, 3.8) is 0 Å². The van der Waals surface area contributed by atoms with Gasteiger partial charge in [-0.1, -0.05) is 0 Å². The summed E-state index contributed by atoms with van der Waals surface area (Å²) in [6, 6.07) is 0. The van der Waals surface area contributed by atoms with Crippen molar-refractivity contribution < 1.29 is 4.92 Å². The molecule has 0 fully saturated rings. The third kappa shape index (κ3) is 7.59. The van der Waals surface area contributed by atoms with Crippen molar-refractivity contribution in [1.29, 1.82) is 0 Å². The molecular weight excluding hydrogens is 451 g/mol. The van der Waals surface area contributed by atoms with Crippen molar-refractivity contribution in [3.05, 3.63) is 10.1 Å². The summed E-state index contributed by atoms with van der Waals surface area (Å²) in [6.45, 7) is 0.00861. The molecule has 6 heteroatoms. The van der Waals surface area contributed by atoms with Gasteiger partial charge in [0, 0.05) is 4.92 Å². The van der Waals surface area contributed by atoms with Gasteiger partial charge in [-0.2, -0.15) is 0 Å². The molecule has 48 valence electrons. The second kappa shape index (κ2) is 3.68. The molecule has 0 rings (SSSR count). The number of nitro groups is 1. The predicted octanol–water partition coefficient (Wildman–Crippen LogP) is 2.22. The lowest BCUT2D eigenvalue weighted by Crippen LogP contribution is -2.15. The first-order valence-corrected chi connectivity index (χ1v) is 4.84. The maximum Gasteiger partial charge on any atom is 0.236 e. The quantitative estimate of drug-likeness (QED) is 0.279. The van der Waals surface area contributed by atoms with Crippen molar-refractivity contribution in [2.24, 2.45) is 0 Å². The Hall–Kier alpha value is 1.59. The minimum atomic E-state index is -0.314. The standard InChI is InChI=1S/C2H2I3NO2/c3-2(4,5)1-6(7)8/h1H2. The number of hydrogen-bond donors (Lipinski definition) is 0. The normalized spacial score (nSPS) is 11.4. The van der Waals surface area contributed by atoms with E-state index in [0.717, 1.165) is 0 Å². The second-order valence-corrected chi connectivity index (χ2v) is 12.8. The van der Waals surface area contributed by atoms with Gasteiger partial charge in [0.25, 0.3) is 0 Å². The van der Waals surface area contributed by atoms with Gasteiger partial charge in [0.2, 0.25) is 6.54 Å². The first-order valence-electron chi connectivity index (χ1n) is 1.60. The number of halogens is 3. The number of nitrogens with zero attached hydrogens (tertiary/aromatic N) is 1. The van der Waals surface area contributed by atoms with E-state index in [2.05, 4.69) is 0 Å². The summed E-state index contributed by atoms with van der Waals surface area (Å²) in [6.07, 6.45) is 0. The van der Waals surface area contributed by atoms with Gasteiger partial charge in [-0.05, 0) is 67.8 Å². The molecule has 8 heavy (non-hydrogen) atoms. The Morgan fingerprint density at radius 1 is 1.50 bits per heavy atom. The smallest absolute Gasteiger partial charge is 0.236 e. The molecule has 0 saturated heterocycles. The van der Waals surface area contributed by atoms with Crippen molar-refractivity contribution in [2.45, 2.75) is -0.565 Å². The molecule has 0 spiro atoms. The molecule has 0 saturated carbocycles. The Bertz CT molecular complexity index is 97.9. The Morgan fingerprint density at radius 3 is 1.88 bits per heavy atom. The summed E-state index contributed by atoms with van der Waals surface area (Å²) in [7, 11) is 0. The molecule has 0 aliphatic heterocycles. The van der Waals surface area contributed by atoms with Gasteiger partial charge in [0.15, 0.2) is -0.565 Å². The fourth-order valence-electron chi connectivity index (χ4n) is 0.146. The summed E-state index contributed by atoms with van der Waals surface area (Å²) >= 11 is 6.07. The van der Waals surface area contributed by atoms with Crippen molar-refractivity contribution in [1.82, 2.24) is 0 Å². The maximum absolute atomic E-state index is 9.81. The van der Waals surface area contributed by atoms with Crippen LogP contribution in [0.3, 0.4) is 0 Å². The van der Waals surface area contributed by atoms with Crippen LogP contribution in [-0.4, -0.2) is 10.9 Å². The van der Waals surface area contributed by atoms with Crippen LogP contribution in [0, 0.1) is 10.1 Å². The number of hydrogen-bond acceptors (Lipinski definition) is 2. The monoisotopic (exact) mass is 453 g/mol. The second-order valence-electron chi connectivity index (χ2n) is 1.11. The van der Waals surface area contributed by atoms with E-state index in [1.54, 1.807) is 0 Å². The van der Waals surface area contributed by atoms with Gasteiger partial charge >= 0.3 is 0 Å². The SMILES string of the molecule is O=[N+]([O-])CC(I)(I)I. The molecule has 0 N–H and O–H groups in total. The van der Waals surface area contributed by atoms with E-state index >= 15 is 0 Å². The van der Waals surface area contributed by atoms with Crippen molar-refractivity contribution in [2.75, 3.05) is 6.54 Å². The van der Waals surface area contributed by atoms with E-state index in [1.165, 1.54) is 0 Å². The van der Waals surface area contributed by atoms with E-state index in [9.17, 15) is 10.1 Å². The molecule has 3 nitrogen and oxygen atoms in total. The average Bonchev–Trinajstić information content (AvgIpc) is 1.21. The Balaban J connectivity index is 3.55. The van der Waals surface area contributed by atoms with Gasteiger partial charge in [0.05, 0.1) is 0 Å². The molecule has 0 aliphatic carbocycles. The summed E-state index contributed by atoms with van der Waals surface area (Å²) in [5.41, 5.74) is 0. The molecule has 0 amide bonds. The van der Waals surface area contributed by atoms with Crippen LogP contribution in [0.25, 0.3) is 0 Å². The van der Waals surface area contributed by atoms with Crippen LogP contribution in [0.15, 0.2) is 0 Å². The van der Waals surface area contributed by atoms with Crippen molar-refractivity contribution in [3.8, 4) is 0 Å². The lowest BCUT2D eigenvalue weighted by Gasteiger charge is -2.03. The summed E-state index contributed by atoms with van der Waals surface area (Å²) in [5.74, 6) is 0. The topological polar surface area (TPSA) is 43.1 Å². The highest BCUT2D eigenvalue weighted by Crippen LogP contribution is 2.34. The molecule has 0 radical (unpaired) electrons. The molecule has 0 unspecified atom stereocenters. The van der Waals surface area contributed by atoms with E-state index < -0.39 is 0 Å². The fraction of sp³-hybridized carbons (Fsp3) is 1.00. The predicted molar refractivity (Wildman–Crippen MR) is 56.7 cm³/mol. The summed E-state index contributed by atoms with van der Waals surface area (Å²) in [4.78, 5) is 9.49. The molecule has 0 heterocycles.